The van der Waals surface area contributed by atoms with Crippen molar-refractivity contribution in [2.75, 3.05) is 18.8 Å². The molecule has 1 aliphatic rings. The van der Waals surface area contributed by atoms with Gasteiger partial charge in [-0.1, -0.05) is 0 Å². The van der Waals surface area contributed by atoms with Crippen molar-refractivity contribution in [2.45, 2.75) is 26.2 Å². The van der Waals surface area contributed by atoms with E-state index in [1.54, 1.807) is 11.8 Å². The lowest BCUT2D eigenvalue weighted by molar-refractivity contribution is -0.119. The molecule has 21 heavy (non-hydrogen) atoms. The predicted molar refractivity (Wildman–Crippen MR) is 78.0 cm³/mol. The van der Waals surface area contributed by atoms with Crippen molar-refractivity contribution in [2.24, 2.45) is 11.7 Å². The molecule has 2 amide bonds. The Kier molecular flexibility index (Phi) is 4.45. The highest BCUT2D eigenvalue weighted by Gasteiger charge is 2.26. The highest BCUT2D eigenvalue weighted by molar-refractivity contribution is 5.95. The van der Waals surface area contributed by atoms with E-state index in [1.807, 2.05) is 0 Å². The number of likely N-dealkylation sites (tertiary alicyclic amines) is 1. The Labute approximate surface area is 123 Å². The Bertz CT molecular complexity index is 566. The molecule has 1 heterocycles. The first-order valence-electron chi connectivity index (χ1n) is 7.01. The molecule has 0 unspecified atom stereocenters. The highest BCUT2D eigenvalue weighted by atomic mass is 19.1. The number of nitrogens with zero attached hydrogens (tertiary/aromatic N) is 1. The Balaban J connectivity index is 2.07. The van der Waals surface area contributed by atoms with Crippen LogP contribution in [0.5, 0.6) is 0 Å². The summed E-state index contributed by atoms with van der Waals surface area (Å²) in [7, 11) is 0. The number of nitrogen functional groups attached to an aromatic ring is 1. The molecule has 0 atom stereocenters. The minimum atomic E-state index is -0.520. The van der Waals surface area contributed by atoms with Gasteiger partial charge in [-0.3, -0.25) is 9.59 Å². The van der Waals surface area contributed by atoms with Crippen molar-refractivity contribution >= 4 is 17.5 Å². The lowest BCUT2D eigenvalue weighted by atomic mass is 9.93. The van der Waals surface area contributed by atoms with Crippen molar-refractivity contribution in [3.63, 3.8) is 0 Å². The highest BCUT2D eigenvalue weighted by Crippen LogP contribution is 2.24. The molecule has 0 spiro atoms. The molecule has 4 N–H and O–H groups in total. The average Bonchev–Trinajstić information content (AvgIpc) is 2.42. The Morgan fingerprint density at radius 3 is 2.52 bits per heavy atom. The summed E-state index contributed by atoms with van der Waals surface area (Å²) >= 11 is 0. The number of hydrogen-bond acceptors (Lipinski definition) is 3. The minimum absolute atomic E-state index is 0.0147. The zero-order chi connectivity index (χ0) is 15.6. The van der Waals surface area contributed by atoms with Crippen LogP contribution in [0.15, 0.2) is 12.1 Å². The molecule has 0 radical (unpaired) electrons. The molecule has 0 aromatic heterocycles. The van der Waals surface area contributed by atoms with Crippen molar-refractivity contribution in [3.8, 4) is 0 Å². The van der Waals surface area contributed by atoms with E-state index in [1.165, 1.54) is 12.1 Å². The number of halogens is 1. The number of piperidine rings is 1. The molecule has 1 aliphatic heterocycles. The van der Waals surface area contributed by atoms with Crippen molar-refractivity contribution < 1.29 is 14.0 Å². The summed E-state index contributed by atoms with van der Waals surface area (Å²) in [5, 5.41) is 0. The molecule has 1 saturated heterocycles. The molecule has 114 valence electrons. The van der Waals surface area contributed by atoms with Crippen molar-refractivity contribution in [1.82, 2.24) is 4.90 Å². The van der Waals surface area contributed by atoms with Crippen LogP contribution in [-0.2, 0) is 4.79 Å². The fourth-order valence-corrected chi connectivity index (χ4v) is 2.75. The number of rotatable bonds is 3. The normalized spacial score (nSPS) is 16.0. The van der Waals surface area contributed by atoms with E-state index in [0.29, 0.717) is 43.6 Å². The van der Waals surface area contributed by atoms with Gasteiger partial charge < -0.3 is 16.4 Å². The molecule has 0 aliphatic carbocycles. The van der Waals surface area contributed by atoms with E-state index >= 15 is 0 Å². The monoisotopic (exact) mass is 293 g/mol. The maximum Gasteiger partial charge on any atom is 0.256 e. The predicted octanol–water partition coefficient (Wildman–Crippen LogP) is 1.44. The van der Waals surface area contributed by atoms with Crippen LogP contribution in [0, 0.1) is 18.7 Å². The molecule has 0 bridgehead atoms. The number of amides is 2. The van der Waals surface area contributed by atoms with E-state index in [4.69, 9.17) is 11.5 Å². The van der Waals surface area contributed by atoms with Crippen molar-refractivity contribution in [3.05, 3.63) is 29.1 Å². The molecular formula is C15H20FN3O2. The fraction of sp³-hybridized carbons (Fsp3) is 0.467. The molecule has 1 aromatic rings. The largest absolute Gasteiger partial charge is 0.399 e. The van der Waals surface area contributed by atoms with Gasteiger partial charge >= 0.3 is 0 Å². The van der Waals surface area contributed by atoms with E-state index < -0.39 is 5.82 Å². The second-order valence-corrected chi connectivity index (χ2v) is 5.61. The number of carbonyl (C=O) groups excluding carboxylic acids is 2. The smallest absolute Gasteiger partial charge is 0.256 e. The van der Waals surface area contributed by atoms with E-state index in [0.717, 1.165) is 0 Å². The molecule has 0 saturated carbocycles. The molecule has 1 aromatic carbocycles. The van der Waals surface area contributed by atoms with Gasteiger partial charge in [0.2, 0.25) is 5.91 Å². The first-order chi connectivity index (χ1) is 9.88. The van der Waals surface area contributed by atoms with Crippen LogP contribution in [0.1, 0.15) is 35.2 Å². The number of anilines is 1. The van der Waals surface area contributed by atoms with Gasteiger partial charge in [-0.2, -0.15) is 0 Å². The van der Waals surface area contributed by atoms with Gasteiger partial charge in [0.15, 0.2) is 0 Å². The van der Waals surface area contributed by atoms with Crippen LogP contribution >= 0.6 is 0 Å². The Morgan fingerprint density at radius 2 is 1.95 bits per heavy atom. The SMILES string of the molecule is Cc1cc(N)cc(C(=O)N2CCC(CC(N)=O)CC2)c1F. The second kappa shape index (κ2) is 6.11. The molecule has 2 rings (SSSR count). The Morgan fingerprint density at radius 1 is 1.33 bits per heavy atom. The van der Waals surface area contributed by atoms with Gasteiger partial charge in [-0.25, -0.2) is 4.39 Å². The zero-order valence-corrected chi connectivity index (χ0v) is 12.1. The van der Waals surface area contributed by atoms with Gasteiger partial charge in [-0.05, 0) is 43.4 Å². The third-order valence-electron chi connectivity index (χ3n) is 3.90. The molecular weight excluding hydrogens is 273 g/mol. The average molecular weight is 293 g/mol. The van der Waals surface area contributed by atoms with Crippen molar-refractivity contribution in [1.29, 1.82) is 0 Å². The quantitative estimate of drug-likeness (QED) is 0.826. The number of hydrogen-bond donors (Lipinski definition) is 2. The lowest BCUT2D eigenvalue weighted by Gasteiger charge is -2.31. The van der Waals surface area contributed by atoms with Crippen LogP contribution in [0.4, 0.5) is 10.1 Å². The second-order valence-electron chi connectivity index (χ2n) is 5.61. The molecule has 1 fully saturated rings. The van der Waals surface area contributed by atoms with E-state index in [2.05, 4.69) is 0 Å². The number of carbonyl (C=O) groups is 2. The summed E-state index contributed by atoms with van der Waals surface area (Å²) in [4.78, 5) is 24.9. The Hall–Kier alpha value is -2.11. The first-order valence-corrected chi connectivity index (χ1v) is 7.01. The van der Waals surface area contributed by atoms with Gasteiger partial charge in [0.05, 0.1) is 5.56 Å². The summed E-state index contributed by atoms with van der Waals surface area (Å²) in [5.41, 5.74) is 11.6. The summed E-state index contributed by atoms with van der Waals surface area (Å²) in [5.74, 6) is -0.981. The topological polar surface area (TPSA) is 89.4 Å². The third-order valence-corrected chi connectivity index (χ3v) is 3.90. The van der Waals surface area contributed by atoms with Crippen LogP contribution in [0.3, 0.4) is 0 Å². The van der Waals surface area contributed by atoms with Gasteiger partial charge in [0, 0.05) is 25.2 Å². The molecule has 5 nitrogen and oxygen atoms in total. The summed E-state index contributed by atoms with van der Waals surface area (Å²) in [6.45, 7) is 2.59. The van der Waals surface area contributed by atoms with Gasteiger partial charge in [0.1, 0.15) is 5.82 Å². The standard InChI is InChI=1S/C15H20FN3O2/c1-9-6-11(17)8-12(14(9)16)15(21)19-4-2-10(3-5-19)7-13(18)20/h6,8,10H,2-5,7,17H2,1H3,(H2,18,20). The zero-order valence-electron chi connectivity index (χ0n) is 12.1. The number of primary amides is 1. The number of aryl methyl sites for hydroxylation is 1. The van der Waals surface area contributed by atoms with Crippen LogP contribution in [0.2, 0.25) is 0 Å². The van der Waals surface area contributed by atoms with E-state index in [-0.39, 0.29) is 23.3 Å². The summed E-state index contributed by atoms with van der Waals surface area (Å²) in [6, 6.07) is 2.88. The van der Waals surface area contributed by atoms with E-state index in [9.17, 15) is 14.0 Å². The third kappa shape index (κ3) is 3.51. The maximum atomic E-state index is 14.1. The van der Waals surface area contributed by atoms with Crippen LogP contribution in [-0.4, -0.2) is 29.8 Å². The number of benzene rings is 1. The lowest BCUT2D eigenvalue weighted by Crippen LogP contribution is -2.39. The summed E-state index contributed by atoms with van der Waals surface area (Å²) < 4.78 is 14.1. The first kappa shape index (κ1) is 15.3. The van der Waals surface area contributed by atoms with Crippen LogP contribution < -0.4 is 11.5 Å². The van der Waals surface area contributed by atoms with Gasteiger partial charge in [-0.15, -0.1) is 0 Å². The minimum Gasteiger partial charge on any atom is -0.399 e. The van der Waals surface area contributed by atoms with Crippen LogP contribution in [0.25, 0.3) is 0 Å². The fourth-order valence-electron chi connectivity index (χ4n) is 2.75. The maximum absolute atomic E-state index is 14.1. The summed E-state index contributed by atoms with van der Waals surface area (Å²) in [6.07, 6.45) is 1.75. The van der Waals surface area contributed by atoms with Gasteiger partial charge in [0.25, 0.3) is 5.91 Å². The number of nitrogens with two attached hydrogens (primary N) is 2. The molecule has 6 heteroatoms.